The van der Waals surface area contributed by atoms with E-state index in [4.69, 9.17) is 22.3 Å². The molecule has 1 unspecified atom stereocenters. The van der Waals surface area contributed by atoms with Gasteiger partial charge in [-0.3, -0.25) is 4.79 Å². The number of nitrogens with one attached hydrogen (secondary N) is 1. The first-order valence-electron chi connectivity index (χ1n) is 10.1. The van der Waals surface area contributed by atoms with Crippen LogP contribution in [0.2, 0.25) is 5.02 Å². The number of aromatic nitrogens is 1. The summed E-state index contributed by atoms with van der Waals surface area (Å²) in [5, 5.41) is 12.9. The second kappa shape index (κ2) is 7.80. The van der Waals surface area contributed by atoms with Crippen LogP contribution in [0.3, 0.4) is 0 Å². The quantitative estimate of drug-likeness (QED) is 0.472. The van der Waals surface area contributed by atoms with Gasteiger partial charge in [-0.15, -0.1) is 11.3 Å². The molecule has 1 amide bonds. The number of carbonyl (C=O) groups is 2. The number of hydrogen-bond acceptors (Lipinski definition) is 5. The molecule has 8 heteroatoms. The topological polar surface area (TPSA) is 105 Å². The van der Waals surface area contributed by atoms with Gasteiger partial charge in [0.05, 0.1) is 16.3 Å². The summed E-state index contributed by atoms with van der Waals surface area (Å²) in [5.74, 6) is -0.981. The number of aryl methyl sites for hydroxylation is 1. The van der Waals surface area contributed by atoms with E-state index in [1.54, 1.807) is 6.07 Å². The molecule has 0 saturated carbocycles. The molecule has 162 valence electrons. The van der Waals surface area contributed by atoms with Gasteiger partial charge in [0.1, 0.15) is 9.71 Å². The predicted octanol–water partition coefficient (Wildman–Crippen LogP) is 5.63. The number of carboxylic acids is 1. The smallest absolute Gasteiger partial charge is 0.337 e. The fraction of sp³-hybridized carbons (Fsp3) is 0.348. The van der Waals surface area contributed by atoms with Crippen LogP contribution in [0.15, 0.2) is 24.3 Å². The maximum absolute atomic E-state index is 12.9. The van der Waals surface area contributed by atoms with Gasteiger partial charge in [-0.1, -0.05) is 32.4 Å². The van der Waals surface area contributed by atoms with Crippen LogP contribution in [0.25, 0.3) is 10.2 Å². The van der Waals surface area contributed by atoms with E-state index in [9.17, 15) is 14.7 Å². The van der Waals surface area contributed by atoms with Crippen LogP contribution in [-0.4, -0.2) is 22.0 Å². The van der Waals surface area contributed by atoms with Crippen molar-refractivity contribution in [3.05, 3.63) is 51.0 Å². The Labute approximate surface area is 189 Å². The average molecular weight is 458 g/mol. The van der Waals surface area contributed by atoms with Crippen LogP contribution in [0.5, 0.6) is 0 Å². The van der Waals surface area contributed by atoms with E-state index in [1.807, 2.05) is 0 Å². The Morgan fingerprint density at radius 2 is 2.03 bits per heavy atom. The normalized spacial score (nSPS) is 16.2. The molecule has 0 spiro atoms. The van der Waals surface area contributed by atoms with E-state index in [2.05, 4.69) is 32.2 Å². The van der Waals surface area contributed by atoms with Crippen LogP contribution < -0.4 is 11.1 Å². The third-order valence-electron chi connectivity index (χ3n) is 5.97. The van der Waals surface area contributed by atoms with Crippen molar-refractivity contribution in [1.29, 1.82) is 0 Å². The van der Waals surface area contributed by atoms with Crippen molar-refractivity contribution in [2.75, 3.05) is 11.1 Å². The van der Waals surface area contributed by atoms with Crippen molar-refractivity contribution in [1.82, 2.24) is 4.98 Å². The van der Waals surface area contributed by atoms with Crippen LogP contribution in [-0.2, 0) is 12.8 Å². The molecule has 0 aliphatic heterocycles. The number of carboxylic acid groups (broad SMARTS) is 1. The van der Waals surface area contributed by atoms with Gasteiger partial charge in [0.2, 0.25) is 0 Å². The summed E-state index contributed by atoms with van der Waals surface area (Å²) < 4.78 is 0. The predicted molar refractivity (Wildman–Crippen MR) is 125 cm³/mol. The van der Waals surface area contributed by atoms with Crippen LogP contribution in [0, 0.1) is 11.3 Å². The van der Waals surface area contributed by atoms with Crippen molar-refractivity contribution < 1.29 is 14.7 Å². The van der Waals surface area contributed by atoms with Gasteiger partial charge >= 0.3 is 5.97 Å². The number of halogens is 1. The number of nitrogens with zero attached hydrogens (tertiary/aromatic N) is 1. The minimum Gasteiger partial charge on any atom is -0.478 e. The third kappa shape index (κ3) is 4.12. The molecule has 2 aromatic heterocycles. The molecule has 0 radical (unpaired) electrons. The molecular weight excluding hydrogens is 434 g/mol. The first kappa shape index (κ1) is 21.6. The maximum Gasteiger partial charge on any atom is 0.337 e. The summed E-state index contributed by atoms with van der Waals surface area (Å²) in [6, 6.07) is 6.41. The molecule has 6 nitrogen and oxygen atoms in total. The van der Waals surface area contributed by atoms with Gasteiger partial charge in [-0.05, 0) is 60.4 Å². The Bertz CT molecular complexity index is 1210. The van der Waals surface area contributed by atoms with Crippen LogP contribution in [0.4, 0.5) is 11.4 Å². The highest BCUT2D eigenvalue weighted by Gasteiger charge is 2.30. The summed E-state index contributed by atoms with van der Waals surface area (Å²) in [6.45, 7) is 6.80. The number of thiophene rings is 1. The minimum atomic E-state index is -1.16. The summed E-state index contributed by atoms with van der Waals surface area (Å²) >= 11 is 7.16. The Balaban J connectivity index is 1.65. The summed E-state index contributed by atoms with van der Waals surface area (Å²) in [5.41, 5.74) is 9.53. The SMILES string of the molecule is CC(C)(C)C1CCc2nc3sc(C(=O)Nc4ccc(Cl)c(C(=O)O)c4)c(N)c3cc2C1. The Morgan fingerprint density at radius 1 is 1.29 bits per heavy atom. The zero-order valence-electron chi connectivity index (χ0n) is 17.6. The van der Waals surface area contributed by atoms with Crippen molar-refractivity contribution in [3.63, 3.8) is 0 Å². The molecule has 1 aromatic carbocycles. The fourth-order valence-corrected chi connectivity index (χ4v) is 5.24. The summed E-state index contributed by atoms with van der Waals surface area (Å²) in [4.78, 5) is 30.1. The molecule has 4 N–H and O–H groups in total. The van der Waals surface area contributed by atoms with E-state index >= 15 is 0 Å². The number of anilines is 2. The average Bonchev–Trinajstić information content (AvgIpc) is 3.02. The lowest BCUT2D eigenvalue weighted by Gasteiger charge is -2.34. The first-order valence-corrected chi connectivity index (χ1v) is 11.3. The monoisotopic (exact) mass is 457 g/mol. The standard InChI is InChI=1S/C23H24ClN3O3S/c1-23(2,3)12-4-7-17-11(8-12)9-15-18(25)19(31-21(15)27-17)20(28)26-13-5-6-16(24)14(10-13)22(29)30/h5-6,9-10,12H,4,7-8,25H2,1-3H3,(H,26,28)(H,29,30). The van der Waals surface area contributed by atoms with E-state index < -0.39 is 11.9 Å². The largest absolute Gasteiger partial charge is 0.478 e. The molecule has 4 rings (SSSR count). The molecule has 0 fully saturated rings. The van der Waals surface area contributed by atoms with Gasteiger partial charge in [-0.2, -0.15) is 0 Å². The molecule has 2 heterocycles. The number of hydrogen-bond donors (Lipinski definition) is 3. The van der Waals surface area contributed by atoms with Gasteiger partial charge < -0.3 is 16.2 Å². The number of carbonyl (C=O) groups excluding carboxylic acids is 1. The number of benzene rings is 1. The summed E-state index contributed by atoms with van der Waals surface area (Å²) in [6.07, 6.45) is 2.99. The molecule has 0 saturated heterocycles. The number of aromatic carboxylic acids is 1. The van der Waals surface area contributed by atoms with E-state index in [0.717, 1.165) is 35.2 Å². The lowest BCUT2D eigenvalue weighted by molar-refractivity contribution is 0.0696. The van der Waals surface area contributed by atoms with E-state index in [0.29, 0.717) is 22.2 Å². The number of rotatable bonds is 3. The molecule has 1 aliphatic rings. The third-order valence-corrected chi connectivity index (χ3v) is 7.41. The van der Waals surface area contributed by atoms with Crippen molar-refractivity contribution in [2.45, 2.75) is 40.0 Å². The van der Waals surface area contributed by atoms with Crippen LogP contribution >= 0.6 is 22.9 Å². The lowest BCUT2D eigenvalue weighted by atomic mass is 9.71. The molecule has 0 bridgehead atoms. The zero-order valence-corrected chi connectivity index (χ0v) is 19.2. The summed E-state index contributed by atoms with van der Waals surface area (Å²) in [7, 11) is 0. The number of pyridine rings is 1. The van der Waals surface area contributed by atoms with Gasteiger partial charge in [0.15, 0.2) is 0 Å². The first-order chi connectivity index (χ1) is 14.5. The van der Waals surface area contributed by atoms with Crippen molar-refractivity contribution in [2.24, 2.45) is 11.3 Å². The fourth-order valence-electron chi connectivity index (χ4n) is 4.05. The van der Waals surface area contributed by atoms with Crippen molar-refractivity contribution >= 4 is 56.4 Å². The Morgan fingerprint density at radius 3 is 2.71 bits per heavy atom. The zero-order chi connectivity index (χ0) is 22.5. The Hall–Kier alpha value is -2.64. The molecule has 31 heavy (non-hydrogen) atoms. The highest BCUT2D eigenvalue weighted by atomic mass is 35.5. The maximum atomic E-state index is 12.9. The highest BCUT2D eigenvalue weighted by molar-refractivity contribution is 7.21. The van der Waals surface area contributed by atoms with Gasteiger partial charge in [0, 0.05) is 16.8 Å². The number of fused-ring (bicyclic) bond motifs is 2. The van der Waals surface area contributed by atoms with Crippen LogP contribution in [0.1, 0.15) is 58.5 Å². The second-order valence-corrected chi connectivity index (χ2v) is 10.5. The van der Waals surface area contributed by atoms with Crippen molar-refractivity contribution in [3.8, 4) is 0 Å². The second-order valence-electron chi connectivity index (χ2n) is 9.05. The van der Waals surface area contributed by atoms with E-state index in [-0.39, 0.29) is 16.0 Å². The number of amides is 1. The molecule has 1 aliphatic carbocycles. The van der Waals surface area contributed by atoms with E-state index in [1.165, 1.54) is 29.0 Å². The van der Waals surface area contributed by atoms with Gasteiger partial charge in [-0.25, -0.2) is 9.78 Å². The lowest BCUT2D eigenvalue weighted by Crippen LogP contribution is -2.27. The number of nitrogens with two attached hydrogens (primary N) is 1. The molecule has 3 aromatic rings. The number of nitrogen functional groups attached to an aromatic ring is 1. The highest BCUT2D eigenvalue weighted by Crippen LogP contribution is 2.40. The molecular formula is C23H24ClN3O3S. The minimum absolute atomic E-state index is 0.0773. The molecule has 1 atom stereocenters. The van der Waals surface area contributed by atoms with Gasteiger partial charge in [0.25, 0.3) is 5.91 Å². The Kier molecular flexibility index (Phi) is 5.43.